The van der Waals surface area contributed by atoms with Gasteiger partial charge in [0.15, 0.2) is 6.61 Å². The number of para-hydroxylation sites is 1. The Morgan fingerprint density at radius 3 is 2.13 bits per heavy atom. The van der Waals surface area contributed by atoms with E-state index in [1.54, 1.807) is 6.07 Å². The number of carbonyl (C=O) groups excluding carboxylic acids is 3. The normalized spacial score (nSPS) is 11.3. The molecular weight excluding hydrogens is 392 g/mol. The van der Waals surface area contributed by atoms with E-state index in [1.807, 2.05) is 78.9 Å². The van der Waals surface area contributed by atoms with E-state index in [0.717, 1.165) is 16.7 Å². The van der Waals surface area contributed by atoms with Crippen LogP contribution in [0.5, 0.6) is 0 Å². The van der Waals surface area contributed by atoms with Crippen molar-refractivity contribution in [1.82, 2.24) is 5.32 Å². The van der Waals surface area contributed by atoms with Crippen molar-refractivity contribution in [1.29, 1.82) is 0 Å². The van der Waals surface area contributed by atoms with Gasteiger partial charge in [-0.15, -0.1) is 0 Å². The summed E-state index contributed by atoms with van der Waals surface area (Å²) in [5.41, 5.74) is 3.26. The van der Waals surface area contributed by atoms with E-state index < -0.39 is 24.5 Å². The largest absolute Gasteiger partial charge is 0.455 e. The Labute approximate surface area is 181 Å². The number of ether oxygens (including phenoxy) is 1. The van der Waals surface area contributed by atoms with E-state index in [2.05, 4.69) is 10.6 Å². The van der Waals surface area contributed by atoms with Gasteiger partial charge in [0.25, 0.3) is 5.91 Å². The average molecular weight is 416 g/mol. The highest BCUT2D eigenvalue weighted by molar-refractivity contribution is 5.96. The molecule has 0 heterocycles. The molecular formula is C25H24N2O4. The Bertz CT molecular complexity index is 1040. The third-order valence-electron chi connectivity index (χ3n) is 4.60. The predicted molar refractivity (Wildman–Crippen MR) is 119 cm³/mol. The van der Waals surface area contributed by atoms with Crippen LogP contribution in [-0.2, 0) is 19.1 Å². The number of rotatable bonds is 8. The molecule has 31 heavy (non-hydrogen) atoms. The molecule has 6 heteroatoms. The van der Waals surface area contributed by atoms with Gasteiger partial charge < -0.3 is 15.4 Å². The molecule has 0 spiro atoms. The third kappa shape index (κ3) is 6.54. The lowest BCUT2D eigenvalue weighted by atomic mass is 10.0. The molecule has 0 aliphatic heterocycles. The minimum Gasteiger partial charge on any atom is -0.455 e. The van der Waals surface area contributed by atoms with Gasteiger partial charge in [-0.25, -0.2) is 0 Å². The van der Waals surface area contributed by atoms with Crippen molar-refractivity contribution in [3.8, 4) is 11.1 Å². The van der Waals surface area contributed by atoms with Crippen molar-refractivity contribution in [3.63, 3.8) is 0 Å². The quantitative estimate of drug-likeness (QED) is 0.542. The van der Waals surface area contributed by atoms with Crippen molar-refractivity contribution in [2.24, 2.45) is 0 Å². The highest BCUT2D eigenvalue weighted by Crippen LogP contribution is 2.27. The topological polar surface area (TPSA) is 84.5 Å². The van der Waals surface area contributed by atoms with Crippen molar-refractivity contribution < 1.29 is 19.1 Å². The zero-order valence-electron chi connectivity index (χ0n) is 17.2. The molecule has 0 saturated heterocycles. The van der Waals surface area contributed by atoms with Gasteiger partial charge in [-0.3, -0.25) is 14.4 Å². The Balaban J connectivity index is 1.58. The molecule has 0 fully saturated rings. The van der Waals surface area contributed by atoms with Crippen LogP contribution in [-0.4, -0.2) is 24.4 Å². The number of benzene rings is 3. The lowest BCUT2D eigenvalue weighted by molar-refractivity contribution is -0.148. The van der Waals surface area contributed by atoms with E-state index in [1.165, 1.54) is 6.92 Å². The molecule has 2 N–H and O–H groups in total. The van der Waals surface area contributed by atoms with Crippen LogP contribution < -0.4 is 10.6 Å². The summed E-state index contributed by atoms with van der Waals surface area (Å²) in [6.45, 7) is 0.975. The van der Waals surface area contributed by atoms with Crippen molar-refractivity contribution in [2.75, 3.05) is 11.9 Å². The second-order valence-electron chi connectivity index (χ2n) is 6.99. The fourth-order valence-electron chi connectivity index (χ4n) is 3.20. The van der Waals surface area contributed by atoms with Crippen molar-refractivity contribution in [2.45, 2.75) is 19.4 Å². The SMILES string of the molecule is CC(=O)N[C@H](CC(=O)OCC(=O)Nc1ccccc1-c1ccccc1)c1ccccc1. The van der Waals surface area contributed by atoms with Crippen LogP contribution in [0.2, 0.25) is 0 Å². The number of esters is 1. The highest BCUT2D eigenvalue weighted by Gasteiger charge is 2.19. The fourth-order valence-corrected chi connectivity index (χ4v) is 3.20. The lowest BCUT2D eigenvalue weighted by Crippen LogP contribution is -2.29. The molecule has 3 aromatic carbocycles. The molecule has 158 valence electrons. The molecule has 0 aliphatic carbocycles. The van der Waals surface area contributed by atoms with Crippen molar-refractivity contribution >= 4 is 23.5 Å². The van der Waals surface area contributed by atoms with Crippen LogP contribution in [0.15, 0.2) is 84.9 Å². The van der Waals surface area contributed by atoms with Crippen LogP contribution in [0, 0.1) is 0 Å². The number of carbonyl (C=O) groups is 3. The van der Waals surface area contributed by atoms with Gasteiger partial charge in [-0.05, 0) is 17.2 Å². The van der Waals surface area contributed by atoms with Crippen LogP contribution in [0.4, 0.5) is 5.69 Å². The van der Waals surface area contributed by atoms with E-state index in [4.69, 9.17) is 4.74 Å². The molecule has 2 amide bonds. The van der Waals surface area contributed by atoms with E-state index >= 15 is 0 Å². The summed E-state index contributed by atoms with van der Waals surface area (Å²) >= 11 is 0. The number of hydrogen-bond acceptors (Lipinski definition) is 4. The number of amides is 2. The van der Waals surface area contributed by atoms with Gasteiger partial charge in [-0.2, -0.15) is 0 Å². The van der Waals surface area contributed by atoms with Crippen LogP contribution >= 0.6 is 0 Å². The summed E-state index contributed by atoms with van der Waals surface area (Å²) in [6.07, 6.45) is -0.0719. The first-order valence-electron chi connectivity index (χ1n) is 9.95. The van der Waals surface area contributed by atoms with Gasteiger partial charge in [0.1, 0.15) is 0 Å². The van der Waals surface area contributed by atoms with Crippen LogP contribution in [0.25, 0.3) is 11.1 Å². The first-order chi connectivity index (χ1) is 15.0. The van der Waals surface area contributed by atoms with Crippen molar-refractivity contribution in [3.05, 3.63) is 90.5 Å². The van der Waals surface area contributed by atoms with Gasteiger partial charge in [-0.1, -0.05) is 78.9 Å². The number of hydrogen-bond donors (Lipinski definition) is 2. The van der Waals surface area contributed by atoms with Gasteiger partial charge in [0, 0.05) is 18.2 Å². The summed E-state index contributed by atoms with van der Waals surface area (Å²) in [5.74, 6) is -1.27. The molecule has 3 rings (SSSR count). The molecule has 3 aromatic rings. The Hall–Kier alpha value is -3.93. The Morgan fingerprint density at radius 2 is 1.45 bits per heavy atom. The average Bonchev–Trinajstić information content (AvgIpc) is 2.78. The zero-order valence-corrected chi connectivity index (χ0v) is 17.2. The van der Waals surface area contributed by atoms with E-state index in [9.17, 15) is 14.4 Å². The summed E-state index contributed by atoms with van der Waals surface area (Å²) < 4.78 is 5.15. The molecule has 0 saturated carbocycles. The second kappa shape index (κ2) is 10.7. The minimum absolute atomic E-state index is 0.0719. The monoisotopic (exact) mass is 416 g/mol. The summed E-state index contributed by atoms with van der Waals surface area (Å²) in [7, 11) is 0. The summed E-state index contributed by atoms with van der Waals surface area (Å²) in [6, 6.07) is 25.7. The van der Waals surface area contributed by atoms with E-state index in [-0.39, 0.29) is 12.3 Å². The maximum Gasteiger partial charge on any atom is 0.308 e. The second-order valence-corrected chi connectivity index (χ2v) is 6.99. The standard InChI is InChI=1S/C25H24N2O4/c1-18(28)26-23(20-12-6-3-7-13-20)16-25(30)31-17-24(29)27-22-15-9-8-14-21(22)19-10-4-2-5-11-19/h2-15,23H,16-17H2,1H3,(H,26,28)(H,27,29)/t23-/m1/s1. The zero-order chi connectivity index (χ0) is 22.1. The number of nitrogens with one attached hydrogen (secondary N) is 2. The maximum absolute atomic E-state index is 12.4. The Morgan fingerprint density at radius 1 is 0.839 bits per heavy atom. The lowest BCUT2D eigenvalue weighted by Gasteiger charge is -2.17. The molecule has 0 unspecified atom stereocenters. The minimum atomic E-state index is -0.575. The van der Waals surface area contributed by atoms with E-state index in [0.29, 0.717) is 5.69 Å². The summed E-state index contributed by atoms with van der Waals surface area (Å²) in [5, 5.41) is 5.54. The smallest absolute Gasteiger partial charge is 0.308 e. The number of anilines is 1. The molecule has 0 aliphatic rings. The molecule has 6 nitrogen and oxygen atoms in total. The predicted octanol–water partition coefficient (Wildman–Crippen LogP) is 4.10. The van der Waals surface area contributed by atoms with Crippen LogP contribution in [0.3, 0.4) is 0 Å². The Kier molecular flexibility index (Phi) is 7.54. The molecule has 1 atom stereocenters. The van der Waals surface area contributed by atoms with Gasteiger partial charge >= 0.3 is 5.97 Å². The maximum atomic E-state index is 12.4. The molecule has 0 bridgehead atoms. The van der Waals surface area contributed by atoms with Gasteiger partial charge in [0.2, 0.25) is 5.91 Å². The molecule has 0 radical (unpaired) electrons. The third-order valence-corrected chi connectivity index (χ3v) is 4.60. The fraction of sp³-hybridized carbons (Fsp3) is 0.160. The molecule has 0 aromatic heterocycles. The van der Waals surface area contributed by atoms with Crippen LogP contribution in [0.1, 0.15) is 24.9 Å². The highest BCUT2D eigenvalue weighted by atomic mass is 16.5. The summed E-state index contributed by atoms with van der Waals surface area (Å²) in [4.78, 5) is 36.2. The first kappa shape index (κ1) is 21.8. The first-order valence-corrected chi connectivity index (χ1v) is 9.95. The van der Waals surface area contributed by atoms with Gasteiger partial charge in [0.05, 0.1) is 12.5 Å².